The van der Waals surface area contributed by atoms with Crippen LogP contribution in [0.1, 0.15) is 16.1 Å². The van der Waals surface area contributed by atoms with Gasteiger partial charge in [-0.3, -0.25) is 4.79 Å². The monoisotopic (exact) mass is 419 g/mol. The fraction of sp³-hybridized carbons (Fsp3) is 0.238. The first-order valence-corrected chi connectivity index (χ1v) is 9.26. The van der Waals surface area contributed by atoms with Crippen LogP contribution in [0, 0.1) is 5.82 Å². The molecule has 0 aliphatic carbocycles. The molecule has 2 heterocycles. The molecule has 30 heavy (non-hydrogen) atoms. The van der Waals surface area contributed by atoms with Crippen LogP contribution in [0.15, 0.2) is 59.1 Å². The number of piperazine rings is 1. The lowest BCUT2D eigenvalue weighted by atomic mass is 10.1. The van der Waals surface area contributed by atoms with Gasteiger partial charge < -0.3 is 14.3 Å². The molecular formula is C21H17F4N3O2. The standard InChI is InChI=1S/C21H17F4N3O2/c22-17-7-2-1-6-16(17)19-13-18(26-30-19)20(29)28-10-8-27(9-11-28)15-5-3-4-14(12-15)21(23,24)25/h1-7,12-13H,8-11H2. The molecule has 0 spiro atoms. The Balaban J connectivity index is 1.43. The largest absolute Gasteiger partial charge is 0.416 e. The second kappa shape index (κ2) is 7.81. The zero-order valence-corrected chi connectivity index (χ0v) is 15.7. The first kappa shape index (κ1) is 19.9. The number of aromatic nitrogens is 1. The van der Waals surface area contributed by atoms with E-state index in [9.17, 15) is 22.4 Å². The van der Waals surface area contributed by atoms with E-state index >= 15 is 0 Å². The van der Waals surface area contributed by atoms with E-state index in [2.05, 4.69) is 5.16 Å². The number of benzene rings is 2. The Morgan fingerprint density at radius 2 is 1.70 bits per heavy atom. The number of carbonyl (C=O) groups is 1. The highest BCUT2D eigenvalue weighted by atomic mass is 19.4. The first-order valence-electron chi connectivity index (χ1n) is 9.26. The van der Waals surface area contributed by atoms with E-state index in [4.69, 9.17) is 4.52 Å². The lowest BCUT2D eigenvalue weighted by Crippen LogP contribution is -2.48. The van der Waals surface area contributed by atoms with Gasteiger partial charge in [-0.15, -0.1) is 0 Å². The molecular weight excluding hydrogens is 402 g/mol. The third-order valence-electron chi connectivity index (χ3n) is 4.97. The molecule has 5 nitrogen and oxygen atoms in total. The number of hydrogen-bond donors (Lipinski definition) is 0. The molecule has 9 heteroatoms. The molecule has 1 aromatic heterocycles. The van der Waals surface area contributed by atoms with Crippen LogP contribution >= 0.6 is 0 Å². The summed E-state index contributed by atoms with van der Waals surface area (Å²) in [7, 11) is 0. The number of anilines is 1. The van der Waals surface area contributed by atoms with Gasteiger partial charge in [0.15, 0.2) is 11.5 Å². The Labute approximate surface area is 169 Å². The minimum atomic E-state index is -4.41. The fourth-order valence-electron chi connectivity index (χ4n) is 3.37. The van der Waals surface area contributed by atoms with Crippen LogP contribution in [-0.4, -0.2) is 42.1 Å². The molecule has 156 valence electrons. The predicted molar refractivity (Wildman–Crippen MR) is 101 cm³/mol. The molecule has 0 unspecified atom stereocenters. The molecule has 1 amide bonds. The molecule has 0 radical (unpaired) electrons. The van der Waals surface area contributed by atoms with Gasteiger partial charge >= 0.3 is 6.18 Å². The minimum absolute atomic E-state index is 0.0563. The van der Waals surface area contributed by atoms with Crippen LogP contribution < -0.4 is 4.90 Å². The lowest BCUT2D eigenvalue weighted by molar-refractivity contribution is -0.137. The van der Waals surface area contributed by atoms with Crippen LogP contribution in [0.2, 0.25) is 0 Å². The second-order valence-corrected chi connectivity index (χ2v) is 6.88. The maximum absolute atomic E-state index is 13.9. The van der Waals surface area contributed by atoms with E-state index < -0.39 is 17.6 Å². The predicted octanol–water partition coefficient (Wildman–Crippen LogP) is 4.46. The molecule has 3 aromatic rings. The maximum atomic E-state index is 13.9. The summed E-state index contributed by atoms with van der Waals surface area (Å²) >= 11 is 0. The van der Waals surface area contributed by atoms with Crippen molar-refractivity contribution in [2.24, 2.45) is 0 Å². The van der Waals surface area contributed by atoms with Crippen molar-refractivity contribution in [2.45, 2.75) is 6.18 Å². The van der Waals surface area contributed by atoms with E-state index in [1.54, 1.807) is 28.0 Å². The Kier molecular flexibility index (Phi) is 5.19. The number of rotatable bonds is 3. The van der Waals surface area contributed by atoms with Crippen molar-refractivity contribution < 1.29 is 26.9 Å². The average Bonchev–Trinajstić information content (AvgIpc) is 3.23. The molecule has 2 aromatic carbocycles. The molecule has 1 aliphatic rings. The van der Waals surface area contributed by atoms with Crippen LogP contribution in [0.3, 0.4) is 0 Å². The quantitative estimate of drug-likeness (QED) is 0.588. The zero-order valence-electron chi connectivity index (χ0n) is 15.7. The number of carbonyl (C=O) groups excluding carboxylic acids is 1. The Hall–Kier alpha value is -3.36. The molecule has 0 N–H and O–H groups in total. The third kappa shape index (κ3) is 4.00. The molecule has 0 atom stereocenters. The van der Waals surface area contributed by atoms with Gasteiger partial charge in [-0.2, -0.15) is 13.2 Å². The topological polar surface area (TPSA) is 49.6 Å². The SMILES string of the molecule is O=C(c1cc(-c2ccccc2F)on1)N1CCN(c2cccc(C(F)(F)F)c2)CC1. The Morgan fingerprint density at radius 1 is 0.967 bits per heavy atom. The smallest absolute Gasteiger partial charge is 0.368 e. The number of nitrogens with zero attached hydrogens (tertiary/aromatic N) is 3. The van der Waals surface area contributed by atoms with Gasteiger partial charge in [0.2, 0.25) is 0 Å². The van der Waals surface area contributed by atoms with E-state index in [0.717, 1.165) is 12.1 Å². The number of hydrogen-bond acceptors (Lipinski definition) is 4. The van der Waals surface area contributed by atoms with Gasteiger partial charge in [-0.25, -0.2) is 4.39 Å². The van der Waals surface area contributed by atoms with Gasteiger partial charge in [0.05, 0.1) is 11.1 Å². The number of amides is 1. The van der Waals surface area contributed by atoms with E-state index in [1.165, 1.54) is 24.3 Å². The van der Waals surface area contributed by atoms with Crippen molar-refractivity contribution in [3.63, 3.8) is 0 Å². The van der Waals surface area contributed by atoms with Gasteiger partial charge in [0.1, 0.15) is 5.82 Å². The van der Waals surface area contributed by atoms with Crippen LogP contribution in [0.5, 0.6) is 0 Å². The summed E-state index contributed by atoms with van der Waals surface area (Å²) in [6, 6.07) is 12.5. The van der Waals surface area contributed by atoms with Crippen LogP contribution in [0.25, 0.3) is 11.3 Å². The highest BCUT2D eigenvalue weighted by molar-refractivity contribution is 5.93. The Bertz CT molecular complexity index is 1060. The van der Waals surface area contributed by atoms with Gasteiger partial charge in [-0.1, -0.05) is 23.4 Å². The highest BCUT2D eigenvalue weighted by Crippen LogP contribution is 2.32. The first-order chi connectivity index (χ1) is 14.3. The second-order valence-electron chi connectivity index (χ2n) is 6.88. The van der Waals surface area contributed by atoms with Crippen molar-refractivity contribution in [1.29, 1.82) is 0 Å². The van der Waals surface area contributed by atoms with E-state index in [-0.39, 0.29) is 22.9 Å². The molecule has 4 rings (SSSR count). The van der Waals surface area contributed by atoms with E-state index in [0.29, 0.717) is 31.9 Å². The van der Waals surface area contributed by atoms with Gasteiger partial charge in [-0.05, 0) is 30.3 Å². The number of alkyl halides is 3. The summed E-state index contributed by atoms with van der Waals surface area (Å²) in [5.74, 6) is -0.702. The van der Waals surface area contributed by atoms with Crippen molar-refractivity contribution in [1.82, 2.24) is 10.1 Å². The van der Waals surface area contributed by atoms with E-state index in [1.807, 2.05) is 0 Å². The summed E-state index contributed by atoms with van der Waals surface area (Å²) < 4.78 is 57.8. The van der Waals surface area contributed by atoms with Gasteiger partial charge in [0, 0.05) is 37.9 Å². The van der Waals surface area contributed by atoms with Crippen molar-refractivity contribution in [3.05, 3.63) is 71.7 Å². The molecule has 0 bridgehead atoms. The average molecular weight is 419 g/mol. The van der Waals surface area contributed by atoms with Crippen molar-refractivity contribution >= 4 is 11.6 Å². The summed E-state index contributed by atoms with van der Waals surface area (Å²) in [6.07, 6.45) is -4.41. The summed E-state index contributed by atoms with van der Waals surface area (Å²) in [4.78, 5) is 16.0. The highest BCUT2D eigenvalue weighted by Gasteiger charge is 2.31. The fourth-order valence-corrected chi connectivity index (χ4v) is 3.37. The normalized spacial score (nSPS) is 14.8. The van der Waals surface area contributed by atoms with Crippen molar-refractivity contribution in [3.8, 4) is 11.3 Å². The summed E-state index contributed by atoms with van der Waals surface area (Å²) in [6.45, 7) is 1.39. The summed E-state index contributed by atoms with van der Waals surface area (Å²) in [5.41, 5.74) is 0.0150. The van der Waals surface area contributed by atoms with Crippen molar-refractivity contribution in [2.75, 3.05) is 31.1 Å². The minimum Gasteiger partial charge on any atom is -0.368 e. The lowest BCUT2D eigenvalue weighted by Gasteiger charge is -2.36. The summed E-state index contributed by atoms with van der Waals surface area (Å²) in [5, 5.41) is 3.75. The molecule has 1 fully saturated rings. The van der Waals surface area contributed by atoms with Crippen LogP contribution in [-0.2, 0) is 6.18 Å². The maximum Gasteiger partial charge on any atom is 0.416 e. The third-order valence-corrected chi connectivity index (χ3v) is 4.97. The molecule has 0 saturated carbocycles. The van der Waals surface area contributed by atoms with Crippen LogP contribution in [0.4, 0.5) is 23.2 Å². The molecule has 1 saturated heterocycles. The molecule has 1 aliphatic heterocycles. The van der Waals surface area contributed by atoms with Gasteiger partial charge in [0.25, 0.3) is 5.91 Å². The zero-order chi connectivity index (χ0) is 21.3. The Morgan fingerprint density at radius 3 is 2.40 bits per heavy atom. The number of halogens is 4.